The largest absolute Gasteiger partial charge is 0.519 e. The van der Waals surface area contributed by atoms with Crippen molar-refractivity contribution in [2.24, 2.45) is 0 Å². The van der Waals surface area contributed by atoms with E-state index >= 15 is 0 Å². The Hall–Kier alpha value is -6.05. The van der Waals surface area contributed by atoms with Gasteiger partial charge in [-0.25, -0.2) is 30.4 Å². The van der Waals surface area contributed by atoms with Crippen molar-refractivity contribution in [1.29, 1.82) is 0 Å². The van der Waals surface area contributed by atoms with E-state index in [1.807, 2.05) is 26.0 Å². The van der Waals surface area contributed by atoms with Gasteiger partial charge in [-0.15, -0.1) is 0 Å². The van der Waals surface area contributed by atoms with Crippen LogP contribution >= 0.6 is 0 Å². The summed E-state index contributed by atoms with van der Waals surface area (Å²) < 4.78 is 99.2. The summed E-state index contributed by atoms with van der Waals surface area (Å²) in [4.78, 5) is 12.7. The van der Waals surface area contributed by atoms with Gasteiger partial charge in [-0.1, -0.05) is 50.2 Å². The molecule has 58 heavy (non-hydrogen) atoms. The summed E-state index contributed by atoms with van der Waals surface area (Å²) in [6, 6.07) is 28.8. The summed E-state index contributed by atoms with van der Waals surface area (Å²) in [5.41, 5.74) is 6.93. The summed E-state index contributed by atoms with van der Waals surface area (Å²) in [5, 5.41) is 0. The molecular formula is C45H38F2N2O7S2. The van der Waals surface area contributed by atoms with Crippen molar-refractivity contribution in [1.82, 2.24) is 0 Å². The van der Waals surface area contributed by atoms with Crippen molar-refractivity contribution in [3.63, 3.8) is 0 Å². The SMILES string of the molecule is CCc1cccc2c1-c1ccc(F)cc1C(C)N2S(=O)(=O)c1ccc(OC(=O)Oc2ccc(S(=O)(=O)N3c4cccc(CC)c4-c4ccc(F)cc4C3C)cc2)cc1. The Morgan fingerprint density at radius 3 is 1.31 bits per heavy atom. The van der Waals surface area contributed by atoms with E-state index in [1.54, 1.807) is 50.2 Å². The number of hydrogen-bond donors (Lipinski definition) is 0. The molecule has 0 fully saturated rings. The average Bonchev–Trinajstić information content (AvgIpc) is 3.20. The number of fused-ring (bicyclic) bond motifs is 6. The van der Waals surface area contributed by atoms with Gasteiger partial charge in [0.15, 0.2) is 0 Å². The molecule has 6 aromatic rings. The lowest BCUT2D eigenvalue weighted by molar-refractivity contribution is 0.152. The van der Waals surface area contributed by atoms with Crippen LogP contribution < -0.4 is 18.1 Å². The van der Waals surface area contributed by atoms with Gasteiger partial charge >= 0.3 is 6.16 Å². The predicted molar refractivity (Wildman–Crippen MR) is 218 cm³/mol. The maximum Gasteiger partial charge on any atom is 0.519 e. The number of ether oxygens (including phenoxy) is 2. The normalized spacial score (nSPS) is 15.8. The minimum Gasteiger partial charge on any atom is -0.395 e. The molecule has 2 heterocycles. The first-order valence-corrected chi connectivity index (χ1v) is 21.6. The van der Waals surface area contributed by atoms with Crippen LogP contribution in [0.4, 0.5) is 25.0 Å². The highest BCUT2D eigenvalue weighted by atomic mass is 32.2. The van der Waals surface area contributed by atoms with Crippen LogP contribution in [0.15, 0.2) is 131 Å². The van der Waals surface area contributed by atoms with E-state index in [0.717, 1.165) is 33.4 Å². The molecule has 296 valence electrons. The van der Waals surface area contributed by atoms with Crippen LogP contribution in [-0.2, 0) is 32.9 Å². The van der Waals surface area contributed by atoms with Crippen molar-refractivity contribution < 1.29 is 39.9 Å². The molecule has 2 unspecified atom stereocenters. The van der Waals surface area contributed by atoms with Gasteiger partial charge in [-0.05, 0) is 145 Å². The monoisotopic (exact) mass is 820 g/mol. The number of halogens is 2. The number of anilines is 2. The molecule has 6 aromatic carbocycles. The van der Waals surface area contributed by atoms with Crippen molar-refractivity contribution in [3.05, 3.63) is 155 Å². The number of hydrogen-bond acceptors (Lipinski definition) is 7. The van der Waals surface area contributed by atoms with E-state index in [0.29, 0.717) is 35.3 Å². The van der Waals surface area contributed by atoms with Crippen LogP contribution in [0.3, 0.4) is 0 Å². The summed E-state index contributed by atoms with van der Waals surface area (Å²) in [6.45, 7) is 7.37. The molecule has 0 spiro atoms. The van der Waals surface area contributed by atoms with Gasteiger partial charge in [-0.3, -0.25) is 8.61 Å². The number of aryl methyl sites for hydroxylation is 2. The first-order chi connectivity index (χ1) is 27.7. The number of benzene rings is 6. The minimum atomic E-state index is -4.19. The molecule has 2 aliphatic heterocycles. The van der Waals surface area contributed by atoms with Crippen LogP contribution in [0.2, 0.25) is 0 Å². The Labute approximate surface area is 336 Å². The lowest BCUT2D eigenvalue weighted by atomic mass is 9.87. The number of carbonyl (C=O) groups is 1. The Balaban J connectivity index is 0.997. The Morgan fingerprint density at radius 1 is 0.569 bits per heavy atom. The third-order valence-corrected chi connectivity index (χ3v) is 14.6. The first kappa shape index (κ1) is 38.8. The van der Waals surface area contributed by atoms with Gasteiger partial charge in [0.2, 0.25) is 0 Å². The molecule has 9 nitrogen and oxygen atoms in total. The summed E-state index contributed by atoms with van der Waals surface area (Å²) in [6.07, 6.45) is 0.137. The van der Waals surface area contributed by atoms with Gasteiger partial charge in [0.1, 0.15) is 23.1 Å². The second kappa shape index (κ2) is 14.7. The Kier molecular flexibility index (Phi) is 9.84. The first-order valence-electron chi connectivity index (χ1n) is 18.8. The van der Waals surface area contributed by atoms with Crippen LogP contribution in [0.5, 0.6) is 11.5 Å². The van der Waals surface area contributed by atoms with E-state index in [-0.39, 0.29) is 21.3 Å². The molecule has 2 aliphatic rings. The highest BCUT2D eigenvalue weighted by Gasteiger charge is 2.39. The van der Waals surface area contributed by atoms with E-state index in [9.17, 15) is 30.4 Å². The fraction of sp³-hybridized carbons (Fsp3) is 0.178. The van der Waals surface area contributed by atoms with Gasteiger partial charge in [0.05, 0.1) is 33.2 Å². The molecular weight excluding hydrogens is 783 g/mol. The molecule has 0 saturated carbocycles. The van der Waals surface area contributed by atoms with Gasteiger partial charge in [-0.2, -0.15) is 0 Å². The molecule has 0 aromatic heterocycles. The highest BCUT2D eigenvalue weighted by Crippen LogP contribution is 2.50. The van der Waals surface area contributed by atoms with Crippen molar-refractivity contribution >= 4 is 37.6 Å². The quantitative estimate of drug-likeness (QED) is 0.111. The van der Waals surface area contributed by atoms with Crippen molar-refractivity contribution in [3.8, 4) is 33.8 Å². The van der Waals surface area contributed by atoms with Crippen molar-refractivity contribution in [2.45, 2.75) is 62.4 Å². The van der Waals surface area contributed by atoms with Crippen LogP contribution in [0.25, 0.3) is 22.3 Å². The zero-order chi connectivity index (χ0) is 41.1. The Morgan fingerprint density at radius 2 is 0.948 bits per heavy atom. The standard InChI is InChI=1S/C45H38F2N2O7S2/c1-5-29-9-7-11-41-43(29)37-23-13-31(46)25-39(37)27(3)48(41)57(51,52)35-19-15-33(16-20-35)55-45(50)56-34-17-21-36(22-18-34)58(53,54)49-28(4)40-26-32(47)14-24-38(40)44-30(6-2)10-8-12-42(44)49/h7-28H,5-6H2,1-4H3. The maximum atomic E-state index is 14.5. The molecule has 0 aliphatic carbocycles. The summed E-state index contributed by atoms with van der Waals surface area (Å²) >= 11 is 0. The van der Waals surface area contributed by atoms with E-state index < -0.39 is 49.9 Å². The fourth-order valence-corrected chi connectivity index (χ4v) is 11.4. The zero-order valence-electron chi connectivity index (χ0n) is 31.9. The van der Waals surface area contributed by atoms with Gasteiger partial charge < -0.3 is 9.47 Å². The fourth-order valence-electron chi connectivity index (χ4n) is 8.11. The van der Waals surface area contributed by atoms with E-state index in [4.69, 9.17) is 9.47 Å². The van der Waals surface area contributed by atoms with Gasteiger partial charge in [0, 0.05) is 11.1 Å². The third kappa shape index (κ3) is 6.48. The molecule has 0 radical (unpaired) electrons. The smallest absolute Gasteiger partial charge is 0.395 e. The van der Waals surface area contributed by atoms with Crippen LogP contribution in [0.1, 0.15) is 62.0 Å². The molecule has 0 saturated heterocycles. The number of sulfonamides is 2. The summed E-state index contributed by atoms with van der Waals surface area (Å²) in [7, 11) is -8.39. The van der Waals surface area contributed by atoms with E-state index in [1.165, 1.54) is 81.4 Å². The molecule has 2 atom stereocenters. The molecule has 13 heteroatoms. The second-order valence-electron chi connectivity index (χ2n) is 14.1. The zero-order valence-corrected chi connectivity index (χ0v) is 33.6. The highest BCUT2D eigenvalue weighted by molar-refractivity contribution is 7.93. The topological polar surface area (TPSA) is 110 Å². The number of rotatable bonds is 8. The third-order valence-electron chi connectivity index (χ3n) is 10.8. The van der Waals surface area contributed by atoms with Gasteiger partial charge in [0.25, 0.3) is 20.0 Å². The molecule has 0 amide bonds. The number of carbonyl (C=O) groups excluding carboxylic acids is 1. The minimum absolute atomic E-state index is 0.00292. The second-order valence-corrected chi connectivity index (χ2v) is 17.8. The lowest BCUT2D eigenvalue weighted by Crippen LogP contribution is -2.36. The summed E-state index contributed by atoms with van der Waals surface area (Å²) in [5.74, 6) is -0.943. The van der Waals surface area contributed by atoms with E-state index in [2.05, 4.69) is 0 Å². The molecule has 0 bridgehead atoms. The molecule has 0 N–H and O–H groups in total. The van der Waals surface area contributed by atoms with Crippen molar-refractivity contribution in [2.75, 3.05) is 8.61 Å². The number of nitrogens with zero attached hydrogens (tertiary/aromatic N) is 2. The van der Waals surface area contributed by atoms with Crippen LogP contribution in [-0.4, -0.2) is 23.0 Å². The van der Waals surface area contributed by atoms with Crippen LogP contribution in [0, 0.1) is 11.6 Å². The maximum absolute atomic E-state index is 14.5. The molecule has 8 rings (SSSR count). The Bertz CT molecular complexity index is 2640. The lowest BCUT2D eigenvalue weighted by Gasteiger charge is -2.38. The predicted octanol–water partition coefficient (Wildman–Crippen LogP) is 10.5. The average molecular weight is 821 g/mol.